The van der Waals surface area contributed by atoms with Crippen LogP contribution in [0, 0.1) is 10.1 Å². The number of hydrogen-bond donors (Lipinski definition) is 3. The number of ether oxygens (including phenoxy) is 1. The van der Waals surface area contributed by atoms with Gasteiger partial charge in [-0.25, -0.2) is 4.98 Å². The minimum atomic E-state index is -0.471. The molecule has 3 N–H and O–H groups in total. The Morgan fingerprint density at radius 2 is 2.20 bits per heavy atom. The lowest BCUT2D eigenvalue weighted by atomic mass is 10.2. The molecule has 2 heterocycles. The first-order valence-electron chi connectivity index (χ1n) is 7.80. The van der Waals surface area contributed by atoms with Crippen LogP contribution in [0.2, 0.25) is 0 Å². The predicted octanol–water partition coefficient (Wildman–Crippen LogP) is 3.40. The molecule has 0 saturated heterocycles. The maximum Gasteiger partial charge on any atom is 0.311 e. The number of nitro groups is 1. The molecule has 0 spiro atoms. The van der Waals surface area contributed by atoms with Gasteiger partial charge in [0.2, 0.25) is 5.82 Å². The van der Waals surface area contributed by atoms with Crippen molar-refractivity contribution in [1.82, 2.24) is 15.2 Å². The SMILES string of the molecule is CCOC(C)Nc1ccc([N+](=O)[O-])c(Nc2ccc3[nH]ncc3c2)n1. The molecule has 130 valence electrons. The zero-order valence-corrected chi connectivity index (χ0v) is 13.8. The van der Waals surface area contributed by atoms with Crippen molar-refractivity contribution in [2.75, 3.05) is 17.2 Å². The number of hydrogen-bond acceptors (Lipinski definition) is 7. The molecule has 1 aromatic carbocycles. The van der Waals surface area contributed by atoms with Crippen molar-refractivity contribution in [2.24, 2.45) is 0 Å². The molecular formula is C16H18N6O3. The van der Waals surface area contributed by atoms with Gasteiger partial charge in [-0.1, -0.05) is 0 Å². The summed E-state index contributed by atoms with van der Waals surface area (Å²) >= 11 is 0. The first-order chi connectivity index (χ1) is 12.1. The number of fused-ring (bicyclic) bond motifs is 1. The Morgan fingerprint density at radius 3 is 2.96 bits per heavy atom. The topological polar surface area (TPSA) is 118 Å². The Bertz CT molecular complexity index is 894. The van der Waals surface area contributed by atoms with Gasteiger partial charge in [-0.15, -0.1) is 0 Å². The van der Waals surface area contributed by atoms with E-state index in [0.717, 1.165) is 10.9 Å². The molecule has 0 aliphatic heterocycles. The number of aromatic nitrogens is 3. The van der Waals surface area contributed by atoms with E-state index in [-0.39, 0.29) is 17.7 Å². The zero-order chi connectivity index (χ0) is 17.8. The van der Waals surface area contributed by atoms with E-state index in [1.54, 1.807) is 18.3 Å². The highest BCUT2D eigenvalue weighted by Gasteiger charge is 2.17. The molecule has 3 aromatic rings. The van der Waals surface area contributed by atoms with E-state index < -0.39 is 4.92 Å². The molecule has 0 saturated carbocycles. The monoisotopic (exact) mass is 342 g/mol. The fraction of sp³-hybridized carbons (Fsp3) is 0.250. The number of aromatic amines is 1. The third kappa shape index (κ3) is 3.83. The second kappa shape index (κ2) is 7.14. The van der Waals surface area contributed by atoms with Crippen molar-refractivity contribution in [3.63, 3.8) is 0 Å². The van der Waals surface area contributed by atoms with Gasteiger partial charge in [-0.3, -0.25) is 15.2 Å². The number of benzene rings is 1. The van der Waals surface area contributed by atoms with Crippen LogP contribution in [-0.2, 0) is 4.74 Å². The molecule has 9 heteroatoms. The summed E-state index contributed by atoms with van der Waals surface area (Å²) in [6, 6.07) is 8.45. The second-order valence-corrected chi connectivity index (χ2v) is 5.36. The van der Waals surface area contributed by atoms with Gasteiger partial charge in [0, 0.05) is 23.7 Å². The Hall–Kier alpha value is -3.20. The third-order valence-corrected chi connectivity index (χ3v) is 3.54. The summed E-state index contributed by atoms with van der Waals surface area (Å²) in [5.41, 5.74) is 1.45. The number of H-pyrrole nitrogens is 1. The highest BCUT2D eigenvalue weighted by atomic mass is 16.6. The molecule has 1 atom stereocenters. The number of nitrogens with zero attached hydrogens (tertiary/aromatic N) is 3. The van der Waals surface area contributed by atoms with E-state index in [1.807, 2.05) is 26.0 Å². The Balaban J connectivity index is 1.89. The molecule has 0 aliphatic carbocycles. The molecule has 0 bridgehead atoms. The van der Waals surface area contributed by atoms with Gasteiger partial charge in [0.15, 0.2) is 0 Å². The first kappa shape index (κ1) is 16.7. The lowest BCUT2D eigenvalue weighted by Crippen LogP contribution is -2.19. The minimum absolute atomic E-state index is 0.109. The van der Waals surface area contributed by atoms with Crippen molar-refractivity contribution in [2.45, 2.75) is 20.1 Å². The summed E-state index contributed by atoms with van der Waals surface area (Å²) in [6.45, 7) is 4.28. The predicted molar refractivity (Wildman–Crippen MR) is 95.0 cm³/mol. The van der Waals surface area contributed by atoms with E-state index in [9.17, 15) is 10.1 Å². The molecule has 0 radical (unpaired) electrons. The van der Waals surface area contributed by atoms with Crippen LogP contribution in [0.1, 0.15) is 13.8 Å². The summed E-state index contributed by atoms with van der Waals surface area (Å²) in [5.74, 6) is 0.639. The van der Waals surface area contributed by atoms with Crippen LogP contribution < -0.4 is 10.6 Å². The number of pyridine rings is 1. The van der Waals surface area contributed by atoms with Crippen molar-refractivity contribution < 1.29 is 9.66 Å². The van der Waals surface area contributed by atoms with Gasteiger partial charge in [0.1, 0.15) is 12.0 Å². The van der Waals surface area contributed by atoms with Crippen molar-refractivity contribution >= 4 is 33.9 Å². The molecule has 9 nitrogen and oxygen atoms in total. The third-order valence-electron chi connectivity index (χ3n) is 3.54. The average Bonchev–Trinajstić information content (AvgIpc) is 3.02. The smallest absolute Gasteiger partial charge is 0.311 e. The van der Waals surface area contributed by atoms with Crippen molar-refractivity contribution in [1.29, 1.82) is 0 Å². The zero-order valence-electron chi connectivity index (χ0n) is 13.8. The lowest BCUT2D eigenvalue weighted by Gasteiger charge is -2.15. The standard InChI is InChI=1S/C16H18N6O3/c1-3-25-10(2)18-15-7-6-14(22(23)24)16(20-15)19-12-4-5-13-11(8-12)9-17-21-13/h4-10H,3H2,1-2H3,(H,17,21)(H2,18,19,20). The Kier molecular flexibility index (Phi) is 4.75. The molecule has 0 fully saturated rings. The minimum Gasteiger partial charge on any atom is -0.359 e. The van der Waals surface area contributed by atoms with E-state index >= 15 is 0 Å². The first-order valence-corrected chi connectivity index (χ1v) is 7.80. The molecule has 2 aromatic heterocycles. The van der Waals surface area contributed by atoms with Crippen LogP contribution >= 0.6 is 0 Å². The summed E-state index contributed by atoms with van der Waals surface area (Å²) in [4.78, 5) is 15.1. The number of rotatable bonds is 7. The molecule has 25 heavy (non-hydrogen) atoms. The molecule has 1 unspecified atom stereocenters. The molecular weight excluding hydrogens is 324 g/mol. The number of anilines is 3. The summed E-state index contributed by atoms with van der Waals surface area (Å²) in [7, 11) is 0. The van der Waals surface area contributed by atoms with Gasteiger partial charge < -0.3 is 15.4 Å². The molecule has 0 amide bonds. The maximum atomic E-state index is 11.3. The van der Waals surface area contributed by atoms with Gasteiger partial charge in [0.05, 0.1) is 16.6 Å². The van der Waals surface area contributed by atoms with E-state index in [2.05, 4.69) is 25.8 Å². The van der Waals surface area contributed by atoms with Crippen LogP contribution in [0.25, 0.3) is 10.9 Å². The van der Waals surface area contributed by atoms with Gasteiger partial charge in [-0.2, -0.15) is 5.10 Å². The normalized spacial score (nSPS) is 12.1. The summed E-state index contributed by atoms with van der Waals surface area (Å²) in [5, 5.41) is 25.1. The van der Waals surface area contributed by atoms with Crippen LogP contribution in [0.15, 0.2) is 36.5 Å². The lowest BCUT2D eigenvalue weighted by molar-refractivity contribution is -0.384. The Labute approximate surface area is 143 Å². The fourth-order valence-corrected chi connectivity index (χ4v) is 2.43. The maximum absolute atomic E-state index is 11.3. The fourth-order valence-electron chi connectivity index (χ4n) is 2.43. The van der Waals surface area contributed by atoms with Crippen LogP contribution in [0.4, 0.5) is 23.0 Å². The quantitative estimate of drug-likeness (QED) is 0.342. The van der Waals surface area contributed by atoms with Crippen LogP contribution in [-0.4, -0.2) is 32.9 Å². The largest absolute Gasteiger partial charge is 0.359 e. The Morgan fingerprint density at radius 1 is 1.36 bits per heavy atom. The highest BCUT2D eigenvalue weighted by molar-refractivity contribution is 5.83. The van der Waals surface area contributed by atoms with Crippen molar-refractivity contribution in [3.8, 4) is 0 Å². The van der Waals surface area contributed by atoms with Gasteiger partial charge in [-0.05, 0) is 38.1 Å². The average molecular weight is 342 g/mol. The van der Waals surface area contributed by atoms with E-state index in [4.69, 9.17) is 4.74 Å². The second-order valence-electron chi connectivity index (χ2n) is 5.36. The van der Waals surface area contributed by atoms with Gasteiger partial charge >= 0.3 is 5.69 Å². The van der Waals surface area contributed by atoms with Crippen molar-refractivity contribution in [3.05, 3.63) is 46.6 Å². The highest BCUT2D eigenvalue weighted by Crippen LogP contribution is 2.28. The summed E-state index contributed by atoms with van der Waals surface area (Å²) in [6.07, 6.45) is 1.43. The molecule has 0 aliphatic rings. The van der Waals surface area contributed by atoms with Crippen LogP contribution in [0.3, 0.4) is 0 Å². The molecule has 3 rings (SSSR count). The van der Waals surface area contributed by atoms with Gasteiger partial charge in [0.25, 0.3) is 0 Å². The van der Waals surface area contributed by atoms with E-state index in [1.165, 1.54) is 6.07 Å². The number of nitrogens with one attached hydrogen (secondary N) is 3. The van der Waals surface area contributed by atoms with Crippen LogP contribution in [0.5, 0.6) is 0 Å². The summed E-state index contributed by atoms with van der Waals surface area (Å²) < 4.78 is 5.41. The van der Waals surface area contributed by atoms with E-state index in [0.29, 0.717) is 18.1 Å².